The first kappa shape index (κ1) is 17.2. The predicted octanol–water partition coefficient (Wildman–Crippen LogP) is 2.97. The zero-order chi connectivity index (χ0) is 18.2. The molecule has 25 heavy (non-hydrogen) atoms. The Bertz CT molecular complexity index is 796. The van der Waals surface area contributed by atoms with E-state index in [0.29, 0.717) is 5.82 Å². The van der Waals surface area contributed by atoms with Crippen LogP contribution in [0.1, 0.15) is 47.6 Å². The van der Waals surface area contributed by atoms with Crippen LogP contribution in [0.4, 0.5) is 14.7 Å². The molecule has 2 aromatic rings. The summed E-state index contributed by atoms with van der Waals surface area (Å²) in [6.45, 7) is 3.66. The molecule has 1 aliphatic carbocycles. The molecule has 0 atom stereocenters. The molecule has 1 aliphatic rings. The first-order valence-corrected chi connectivity index (χ1v) is 8.04. The Kier molecular flexibility index (Phi) is 4.40. The van der Waals surface area contributed by atoms with Gasteiger partial charge in [0.1, 0.15) is 0 Å². The topological polar surface area (TPSA) is 92.9 Å². The van der Waals surface area contributed by atoms with Gasteiger partial charge in [-0.2, -0.15) is 10.1 Å². The second-order valence-corrected chi connectivity index (χ2v) is 6.35. The number of carbonyl (C=O) groups is 1. The fourth-order valence-electron chi connectivity index (χ4n) is 2.94. The smallest absolute Gasteiger partial charge is 0.354 e. The van der Waals surface area contributed by atoms with E-state index in [1.807, 2.05) is 19.9 Å². The largest absolute Gasteiger partial charge is 0.477 e. The molecule has 0 spiro atoms. The van der Waals surface area contributed by atoms with Crippen LogP contribution >= 0.6 is 0 Å². The van der Waals surface area contributed by atoms with Crippen LogP contribution in [-0.2, 0) is 0 Å². The zero-order valence-corrected chi connectivity index (χ0v) is 14.0. The summed E-state index contributed by atoms with van der Waals surface area (Å²) in [4.78, 5) is 19.7. The third-order valence-corrected chi connectivity index (χ3v) is 4.21. The van der Waals surface area contributed by atoms with Gasteiger partial charge in [-0.3, -0.25) is 0 Å². The van der Waals surface area contributed by atoms with Crippen molar-refractivity contribution in [3.63, 3.8) is 0 Å². The number of nitrogens with one attached hydrogen (secondary N) is 1. The average Bonchev–Trinajstić information content (AvgIpc) is 2.88. The number of halogens is 2. The van der Waals surface area contributed by atoms with Gasteiger partial charge >= 0.3 is 5.97 Å². The van der Waals surface area contributed by atoms with Crippen LogP contribution in [0.25, 0.3) is 5.82 Å². The minimum Gasteiger partial charge on any atom is -0.477 e. The minimum absolute atomic E-state index is 0.109. The molecule has 0 saturated heterocycles. The Hall–Kier alpha value is -2.58. The van der Waals surface area contributed by atoms with E-state index in [0.717, 1.165) is 11.4 Å². The number of nitrogens with zero attached hydrogens (tertiary/aromatic N) is 4. The summed E-state index contributed by atoms with van der Waals surface area (Å²) in [6, 6.07) is 2.97. The van der Waals surface area contributed by atoms with Gasteiger partial charge in [0, 0.05) is 30.6 Å². The molecule has 134 valence electrons. The van der Waals surface area contributed by atoms with Crippen LogP contribution in [0.3, 0.4) is 0 Å². The summed E-state index contributed by atoms with van der Waals surface area (Å²) in [5.74, 6) is -3.39. The van der Waals surface area contributed by atoms with Crippen molar-refractivity contribution >= 4 is 11.9 Å². The summed E-state index contributed by atoms with van der Waals surface area (Å²) in [5, 5.41) is 16.6. The van der Waals surface area contributed by atoms with Crippen LogP contribution in [0.2, 0.25) is 0 Å². The summed E-state index contributed by atoms with van der Waals surface area (Å²) in [6.07, 6.45) is 0.160. The monoisotopic (exact) mass is 351 g/mol. The molecule has 0 aliphatic heterocycles. The summed E-state index contributed by atoms with van der Waals surface area (Å²) in [7, 11) is 0. The highest BCUT2D eigenvalue weighted by molar-refractivity contribution is 5.86. The van der Waals surface area contributed by atoms with Crippen molar-refractivity contribution in [3.8, 4) is 5.82 Å². The Morgan fingerprint density at radius 2 is 1.96 bits per heavy atom. The molecule has 0 bridgehead atoms. The van der Waals surface area contributed by atoms with Crippen LogP contribution in [-0.4, -0.2) is 42.8 Å². The van der Waals surface area contributed by atoms with E-state index in [9.17, 15) is 18.7 Å². The second kappa shape index (κ2) is 6.38. The normalized spacial score (nSPS) is 17.4. The molecule has 9 heteroatoms. The number of carboxylic acids is 1. The highest BCUT2D eigenvalue weighted by Gasteiger charge is 2.35. The van der Waals surface area contributed by atoms with E-state index in [1.165, 1.54) is 10.7 Å². The minimum atomic E-state index is -2.63. The molecule has 1 saturated carbocycles. The highest BCUT2D eigenvalue weighted by Crippen LogP contribution is 2.34. The molecular weight excluding hydrogens is 332 g/mol. The molecular formula is C16H19F2N5O2. The van der Waals surface area contributed by atoms with Gasteiger partial charge in [-0.1, -0.05) is 0 Å². The number of aromatic nitrogens is 4. The summed E-state index contributed by atoms with van der Waals surface area (Å²) >= 11 is 0. The number of anilines is 1. The average molecular weight is 351 g/mol. The standard InChI is InChI=1S/C16H19F2N5O2/c1-9-7-10(2)23(22-9)13-8-12(14(24)25)20-15(21-13)19-11-3-5-16(17,18)6-4-11/h7-8,11H,3-6H2,1-2H3,(H,24,25)(H,19,20,21). The second-order valence-electron chi connectivity index (χ2n) is 6.35. The van der Waals surface area contributed by atoms with Crippen LogP contribution in [0, 0.1) is 13.8 Å². The van der Waals surface area contributed by atoms with E-state index in [2.05, 4.69) is 20.4 Å². The molecule has 0 amide bonds. The van der Waals surface area contributed by atoms with Crippen molar-refractivity contribution in [2.24, 2.45) is 0 Å². The third kappa shape index (κ3) is 3.92. The lowest BCUT2D eigenvalue weighted by Crippen LogP contribution is -2.32. The van der Waals surface area contributed by atoms with Gasteiger partial charge in [-0.15, -0.1) is 0 Å². The molecule has 7 nitrogen and oxygen atoms in total. The lowest BCUT2D eigenvalue weighted by atomic mass is 9.92. The number of rotatable bonds is 4. The van der Waals surface area contributed by atoms with E-state index >= 15 is 0 Å². The molecule has 0 radical (unpaired) electrons. The maximum atomic E-state index is 13.3. The molecule has 2 N–H and O–H groups in total. The quantitative estimate of drug-likeness (QED) is 0.880. The van der Waals surface area contributed by atoms with E-state index < -0.39 is 11.9 Å². The number of hydrogen-bond acceptors (Lipinski definition) is 5. The van der Waals surface area contributed by atoms with Crippen molar-refractivity contribution in [1.82, 2.24) is 19.7 Å². The highest BCUT2D eigenvalue weighted by atomic mass is 19.3. The van der Waals surface area contributed by atoms with Crippen molar-refractivity contribution in [2.75, 3.05) is 5.32 Å². The van der Waals surface area contributed by atoms with Gasteiger partial charge in [0.05, 0.1) is 5.69 Å². The molecule has 3 rings (SSSR count). The third-order valence-electron chi connectivity index (χ3n) is 4.21. The lowest BCUT2D eigenvalue weighted by molar-refractivity contribution is -0.0361. The summed E-state index contributed by atoms with van der Waals surface area (Å²) < 4.78 is 28.1. The Balaban J connectivity index is 1.89. The lowest BCUT2D eigenvalue weighted by Gasteiger charge is -2.28. The fourth-order valence-corrected chi connectivity index (χ4v) is 2.94. The van der Waals surface area contributed by atoms with Gasteiger partial charge in [0.2, 0.25) is 11.9 Å². The molecule has 2 heterocycles. The number of aromatic carboxylic acids is 1. The molecule has 2 aromatic heterocycles. The molecule has 0 unspecified atom stereocenters. The maximum absolute atomic E-state index is 13.3. The first-order chi connectivity index (χ1) is 11.7. The van der Waals surface area contributed by atoms with E-state index in [1.54, 1.807) is 0 Å². The fraction of sp³-hybridized carbons (Fsp3) is 0.500. The summed E-state index contributed by atoms with van der Waals surface area (Å²) in [5.41, 5.74) is 1.40. The Morgan fingerprint density at radius 3 is 2.52 bits per heavy atom. The predicted molar refractivity (Wildman–Crippen MR) is 86.4 cm³/mol. The first-order valence-electron chi connectivity index (χ1n) is 8.04. The molecule has 1 fully saturated rings. The Labute approximate surface area is 143 Å². The van der Waals surface area contributed by atoms with Gasteiger partial charge < -0.3 is 10.4 Å². The van der Waals surface area contributed by atoms with Gasteiger partial charge in [0.15, 0.2) is 11.5 Å². The van der Waals surface area contributed by atoms with Crippen molar-refractivity contribution in [3.05, 3.63) is 29.2 Å². The van der Waals surface area contributed by atoms with Gasteiger partial charge in [-0.05, 0) is 32.8 Å². The van der Waals surface area contributed by atoms with Gasteiger partial charge in [-0.25, -0.2) is 23.2 Å². The number of alkyl halides is 2. The number of hydrogen-bond donors (Lipinski definition) is 2. The van der Waals surface area contributed by atoms with E-state index in [4.69, 9.17) is 0 Å². The van der Waals surface area contributed by atoms with Crippen molar-refractivity contribution in [1.29, 1.82) is 0 Å². The number of carboxylic acid groups (broad SMARTS) is 1. The van der Waals surface area contributed by atoms with Crippen LogP contribution in [0.15, 0.2) is 12.1 Å². The van der Waals surface area contributed by atoms with Crippen LogP contribution < -0.4 is 5.32 Å². The zero-order valence-electron chi connectivity index (χ0n) is 14.0. The van der Waals surface area contributed by atoms with Crippen molar-refractivity contribution in [2.45, 2.75) is 51.5 Å². The molecule has 0 aromatic carbocycles. The number of aryl methyl sites for hydroxylation is 2. The van der Waals surface area contributed by atoms with Crippen molar-refractivity contribution < 1.29 is 18.7 Å². The Morgan fingerprint density at radius 1 is 1.28 bits per heavy atom. The van der Waals surface area contributed by atoms with Crippen LogP contribution in [0.5, 0.6) is 0 Å². The maximum Gasteiger partial charge on any atom is 0.354 e. The SMILES string of the molecule is Cc1cc(C)n(-c2cc(C(=O)O)nc(NC3CCC(F)(F)CC3)n2)n1. The van der Waals surface area contributed by atoms with E-state index in [-0.39, 0.29) is 43.4 Å². The van der Waals surface area contributed by atoms with Gasteiger partial charge in [0.25, 0.3) is 0 Å².